The number of hydrogen-bond donors (Lipinski definition) is 1. The lowest BCUT2D eigenvalue weighted by Crippen LogP contribution is -2.52. The van der Waals surface area contributed by atoms with Crippen molar-refractivity contribution in [2.75, 3.05) is 6.54 Å². The summed E-state index contributed by atoms with van der Waals surface area (Å²) in [6.07, 6.45) is 4.91. The monoisotopic (exact) mass is 323 g/mol. The maximum atomic E-state index is 12.7. The number of nitrogens with one attached hydrogen (secondary N) is 1. The predicted octanol–water partition coefficient (Wildman–Crippen LogP) is 2.75. The molecule has 1 aromatic heterocycles. The zero-order valence-corrected chi connectivity index (χ0v) is 14.4. The van der Waals surface area contributed by atoms with E-state index in [4.69, 9.17) is 0 Å². The Balaban J connectivity index is 2.07. The zero-order chi connectivity index (χ0) is 16.1. The average Bonchev–Trinajstić information content (AvgIpc) is 2.99. The summed E-state index contributed by atoms with van der Waals surface area (Å²) in [6.45, 7) is 6.79. The van der Waals surface area contributed by atoms with Crippen LogP contribution in [0.1, 0.15) is 57.5 Å². The van der Waals surface area contributed by atoms with Crippen LogP contribution >= 0.6 is 11.3 Å². The van der Waals surface area contributed by atoms with Gasteiger partial charge in [-0.15, -0.1) is 11.3 Å². The molecule has 1 saturated heterocycles. The standard InChI is InChI=1S/C16H25N3O2S/c1-11(2)10-13(19-8-5-4-6-14(19)20)15(21)18-12(3)16-17-7-9-22-16/h7,9,11-13H,4-6,8,10H2,1-3H3,(H,18,21)/t12-,13-/m1/s1. The molecule has 122 valence electrons. The van der Waals surface area contributed by atoms with E-state index in [-0.39, 0.29) is 23.9 Å². The van der Waals surface area contributed by atoms with Gasteiger partial charge >= 0.3 is 0 Å². The van der Waals surface area contributed by atoms with E-state index < -0.39 is 0 Å². The van der Waals surface area contributed by atoms with Gasteiger partial charge in [-0.25, -0.2) is 4.98 Å². The molecular formula is C16H25N3O2S. The van der Waals surface area contributed by atoms with Gasteiger partial charge in [0.2, 0.25) is 11.8 Å². The van der Waals surface area contributed by atoms with Crippen molar-refractivity contribution in [3.63, 3.8) is 0 Å². The molecule has 1 aliphatic heterocycles. The Morgan fingerprint density at radius 3 is 2.77 bits per heavy atom. The summed E-state index contributed by atoms with van der Waals surface area (Å²) in [5.41, 5.74) is 0. The average molecular weight is 323 g/mol. The third-order valence-corrected chi connectivity index (χ3v) is 4.87. The molecule has 5 nitrogen and oxygen atoms in total. The SMILES string of the molecule is CC(C)C[C@H](C(=O)N[C@H](C)c1nccs1)N1CCCCC1=O. The Bertz CT molecular complexity index is 501. The quantitative estimate of drug-likeness (QED) is 0.875. The highest BCUT2D eigenvalue weighted by molar-refractivity contribution is 7.09. The first-order valence-electron chi connectivity index (χ1n) is 7.98. The number of nitrogens with zero attached hydrogens (tertiary/aromatic N) is 2. The van der Waals surface area contributed by atoms with Crippen molar-refractivity contribution in [1.82, 2.24) is 15.2 Å². The van der Waals surface area contributed by atoms with Crippen LogP contribution in [0, 0.1) is 5.92 Å². The summed E-state index contributed by atoms with van der Waals surface area (Å²) in [6, 6.07) is -0.489. The van der Waals surface area contributed by atoms with E-state index in [1.165, 1.54) is 11.3 Å². The summed E-state index contributed by atoms with van der Waals surface area (Å²) in [5.74, 6) is 0.404. The normalized spacial score (nSPS) is 18.4. The summed E-state index contributed by atoms with van der Waals surface area (Å²) in [5, 5.41) is 5.81. The van der Waals surface area contributed by atoms with Crippen molar-refractivity contribution in [3.05, 3.63) is 16.6 Å². The number of carbonyl (C=O) groups is 2. The maximum Gasteiger partial charge on any atom is 0.243 e. The Labute approximate surface area is 136 Å². The lowest BCUT2D eigenvalue weighted by atomic mass is 9.98. The molecule has 2 heterocycles. The molecular weight excluding hydrogens is 298 g/mol. The molecule has 2 rings (SSSR count). The lowest BCUT2D eigenvalue weighted by Gasteiger charge is -2.35. The first-order chi connectivity index (χ1) is 10.5. The van der Waals surface area contributed by atoms with Crippen LogP contribution in [0.25, 0.3) is 0 Å². The number of likely N-dealkylation sites (tertiary alicyclic amines) is 1. The van der Waals surface area contributed by atoms with E-state index in [2.05, 4.69) is 24.1 Å². The molecule has 2 atom stereocenters. The van der Waals surface area contributed by atoms with Crippen molar-refractivity contribution in [2.24, 2.45) is 5.92 Å². The minimum Gasteiger partial charge on any atom is -0.345 e. The van der Waals surface area contributed by atoms with Crippen molar-refractivity contribution in [1.29, 1.82) is 0 Å². The van der Waals surface area contributed by atoms with Gasteiger partial charge < -0.3 is 10.2 Å². The van der Waals surface area contributed by atoms with Gasteiger partial charge in [0.1, 0.15) is 11.0 Å². The van der Waals surface area contributed by atoms with Crippen molar-refractivity contribution in [3.8, 4) is 0 Å². The van der Waals surface area contributed by atoms with Gasteiger partial charge in [0.05, 0.1) is 6.04 Å². The summed E-state index contributed by atoms with van der Waals surface area (Å²) in [7, 11) is 0. The van der Waals surface area contributed by atoms with Gasteiger partial charge in [0.15, 0.2) is 0 Å². The van der Waals surface area contributed by atoms with E-state index in [1.54, 1.807) is 11.1 Å². The van der Waals surface area contributed by atoms with E-state index in [1.807, 2.05) is 12.3 Å². The number of aromatic nitrogens is 1. The van der Waals surface area contributed by atoms with E-state index in [9.17, 15) is 9.59 Å². The second-order valence-corrected chi connectivity index (χ2v) is 7.22. The smallest absolute Gasteiger partial charge is 0.243 e. The van der Waals surface area contributed by atoms with Crippen LogP contribution in [-0.4, -0.2) is 34.3 Å². The number of thiazole rings is 1. The molecule has 0 aliphatic carbocycles. The van der Waals surface area contributed by atoms with Gasteiger partial charge in [-0.1, -0.05) is 13.8 Å². The van der Waals surface area contributed by atoms with Gasteiger partial charge in [0, 0.05) is 24.5 Å². The third kappa shape index (κ3) is 4.29. The highest BCUT2D eigenvalue weighted by Gasteiger charge is 2.32. The number of piperidine rings is 1. The molecule has 22 heavy (non-hydrogen) atoms. The van der Waals surface area contributed by atoms with Gasteiger partial charge in [-0.3, -0.25) is 9.59 Å². The molecule has 0 spiro atoms. The van der Waals surface area contributed by atoms with E-state index >= 15 is 0 Å². The largest absolute Gasteiger partial charge is 0.345 e. The van der Waals surface area contributed by atoms with Gasteiger partial charge in [-0.05, 0) is 32.1 Å². The molecule has 0 radical (unpaired) electrons. The van der Waals surface area contributed by atoms with Crippen LogP contribution in [0.5, 0.6) is 0 Å². The van der Waals surface area contributed by atoms with Crippen LogP contribution in [0.4, 0.5) is 0 Å². The highest BCUT2D eigenvalue weighted by Crippen LogP contribution is 2.21. The van der Waals surface area contributed by atoms with E-state index in [0.717, 1.165) is 17.8 Å². The molecule has 1 aliphatic rings. The zero-order valence-electron chi connectivity index (χ0n) is 13.5. The molecule has 0 saturated carbocycles. The van der Waals surface area contributed by atoms with Gasteiger partial charge in [0.25, 0.3) is 0 Å². The van der Waals surface area contributed by atoms with Crippen molar-refractivity contribution in [2.45, 2.75) is 58.5 Å². The molecule has 0 bridgehead atoms. The molecule has 6 heteroatoms. The van der Waals surface area contributed by atoms with Crippen molar-refractivity contribution < 1.29 is 9.59 Å². The van der Waals surface area contributed by atoms with Crippen LogP contribution in [0.3, 0.4) is 0 Å². The number of carbonyl (C=O) groups excluding carboxylic acids is 2. The number of hydrogen-bond acceptors (Lipinski definition) is 4. The predicted molar refractivity (Wildman–Crippen MR) is 87.5 cm³/mol. The molecule has 1 N–H and O–H groups in total. The fraction of sp³-hybridized carbons (Fsp3) is 0.688. The molecule has 0 unspecified atom stereocenters. The van der Waals surface area contributed by atoms with Crippen LogP contribution in [0.15, 0.2) is 11.6 Å². The maximum absolute atomic E-state index is 12.7. The Morgan fingerprint density at radius 1 is 1.41 bits per heavy atom. The first-order valence-corrected chi connectivity index (χ1v) is 8.86. The summed E-state index contributed by atoms with van der Waals surface area (Å²) >= 11 is 1.53. The number of rotatable bonds is 6. The second-order valence-electron chi connectivity index (χ2n) is 6.29. The van der Waals surface area contributed by atoms with Crippen molar-refractivity contribution >= 4 is 23.2 Å². The van der Waals surface area contributed by atoms with Crippen LogP contribution < -0.4 is 5.32 Å². The third-order valence-electron chi connectivity index (χ3n) is 3.91. The first kappa shape index (κ1) is 16.9. The van der Waals surface area contributed by atoms with Gasteiger partial charge in [-0.2, -0.15) is 0 Å². The Hall–Kier alpha value is -1.43. The topological polar surface area (TPSA) is 62.3 Å². The minimum absolute atomic E-state index is 0.0633. The van der Waals surface area contributed by atoms with Crippen LogP contribution in [0.2, 0.25) is 0 Å². The molecule has 1 aromatic rings. The van der Waals surface area contributed by atoms with Crippen LogP contribution in [-0.2, 0) is 9.59 Å². The highest BCUT2D eigenvalue weighted by atomic mass is 32.1. The van der Waals surface area contributed by atoms with E-state index in [0.29, 0.717) is 25.3 Å². The fourth-order valence-electron chi connectivity index (χ4n) is 2.80. The Kier molecular flexibility index (Phi) is 5.94. The lowest BCUT2D eigenvalue weighted by molar-refractivity contribution is -0.143. The molecule has 2 amide bonds. The minimum atomic E-state index is -0.366. The molecule has 0 aromatic carbocycles. The summed E-state index contributed by atoms with van der Waals surface area (Å²) < 4.78 is 0. The summed E-state index contributed by atoms with van der Waals surface area (Å²) in [4.78, 5) is 30.9. The molecule has 1 fully saturated rings. The fourth-order valence-corrected chi connectivity index (χ4v) is 3.44. The number of amides is 2. The Morgan fingerprint density at radius 2 is 2.18 bits per heavy atom. The second kappa shape index (κ2) is 7.72.